The Hall–Kier alpha value is -5.48. The first-order valence-corrected chi connectivity index (χ1v) is 15.4. The molecule has 1 aliphatic heterocycles. The molecule has 0 saturated carbocycles. The summed E-state index contributed by atoms with van der Waals surface area (Å²) in [6, 6.07) is 22.2. The minimum atomic E-state index is -0.728. The standard InChI is InChI=1S/C36H32N4O5S/c1-6-18-45-29-17-14-25(19-22(29)2)32-26(21-39(38-32)27-10-8-7-9-11-27)20-30-34(41)40-33(24-12-15-28(43-4)16-13-24)31(35(42)44-5)23(3)37-36(40)46-30/h6-17,19-21,33H,1,18H2,2-5H3/b30-20-. The van der Waals surface area contributed by atoms with Crippen LogP contribution in [0.5, 0.6) is 11.5 Å². The number of benzene rings is 3. The van der Waals surface area contributed by atoms with Crippen LogP contribution in [-0.2, 0) is 9.53 Å². The van der Waals surface area contributed by atoms with E-state index in [0.717, 1.165) is 33.7 Å². The maximum atomic E-state index is 14.2. The maximum Gasteiger partial charge on any atom is 0.338 e. The van der Waals surface area contributed by atoms with Gasteiger partial charge in [-0.2, -0.15) is 5.10 Å². The number of para-hydroxylation sites is 1. The quantitative estimate of drug-likeness (QED) is 0.165. The molecule has 0 amide bonds. The number of carbonyl (C=O) groups excluding carboxylic acids is 1. The smallest absolute Gasteiger partial charge is 0.338 e. The Balaban J connectivity index is 1.54. The van der Waals surface area contributed by atoms with Crippen molar-refractivity contribution in [2.24, 2.45) is 4.99 Å². The van der Waals surface area contributed by atoms with Gasteiger partial charge >= 0.3 is 5.97 Å². The van der Waals surface area contributed by atoms with Crippen molar-refractivity contribution >= 4 is 23.4 Å². The minimum absolute atomic E-state index is 0.277. The third kappa shape index (κ3) is 5.70. The van der Waals surface area contributed by atoms with Crippen molar-refractivity contribution in [1.29, 1.82) is 0 Å². The Labute approximate surface area is 269 Å². The molecule has 0 fully saturated rings. The van der Waals surface area contributed by atoms with Gasteiger partial charge in [0.2, 0.25) is 0 Å². The molecule has 5 aromatic rings. The van der Waals surface area contributed by atoms with E-state index in [4.69, 9.17) is 19.3 Å². The number of thiazole rings is 1. The highest BCUT2D eigenvalue weighted by atomic mass is 32.1. The molecule has 9 nitrogen and oxygen atoms in total. The predicted octanol–water partition coefficient (Wildman–Crippen LogP) is 5.14. The molecular formula is C36H32N4O5S. The van der Waals surface area contributed by atoms with Crippen LogP contribution in [0.25, 0.3) is 23.0 Å². The number of rotatable bonds is 9. The van der Waals surface area contributed by atoms with E-state index in [9.17, 15) is 9.59 Å². The molecule has 46 heavy (non-hydrogen) atoms. The molecule has 0 spiro atoms. The fraction of sp³-hybridized carbons (Fsp3) is 0.167. The average Bonchev–Trinajstić information content (AvgIpc) is 3.64. The zero-order valence-corrected chi connectivity index (χ0v) is 26.7. The Morgan fingerprint density at radius 1 is 1.04 bits per heavy atom. The highest BCUT2D eigenvalue weighted by Gasteiger charge is 2.33. The van der Waals surface area contributed by atoms with E-state index in [-0.39, 0.29) is 5.56 Å². The molecule has 3 aromatic carbocycles. The summed E-state index contributed by atoms with van der Waals surface area (Å²) in [5.41, 5.74) is 5.40. The zero-order valence-electron chi connectivity index (χ0n) is 25.9. The Morgan fingerprint density at radius 3 is 2.48 bits per heavy atom. The molecule has 3 heterocycles. The Morgan fingerprint density at radius 2 is 1.80 bits per heavy atom. The number of esters is 1. The van der Waals surface area contributed by atoms with Gasteiger partial charge in [-0.25, -0.2) is 14.5 Å². The van der Waals surface area contributed by atoms with Gasteiger partial charge in [-0.05, 0) is 73.5 Å². The third-order valence-corrected chi connectivity index (χ3v) is 8.70. The maximum absolute atomic E-state index is 14.2. The number of hydrogen-bond acceptors (Lipinski definition) is 8. The van der Waals surface area contributed by atoms with Gasteiger partial charge in [-0.3, -0.25) is 9.36 Å². The van der Waals surface area contributed by atoms with E-state index in [1.165, 1.54) is 18.4 Å². The van der Waals surface area contributed by atoms with Crippen molar-refractivity contribution < 1.29 is 19.0 Å². The van der Waals surface area contributed by atoms with Crippen LogP contribution in [0.3, 0.4) is 0 Å². The fourth-order valence-electron chi connectivity index (χ4n) is 5.47. The highest BCUT2D eigenvalue weighted by Crippen LogP contribution is 2.32. The van der Waals surface area contributed by atoms with Gasteiger partial charge in [0.15, 0.2) is 4.80 Å². The normalized spacial score (nSPS) is 14.4. The van der Waals surface area contributed by atoms with Crippen molar-refractivity contribution in [2.45, 2.75) is 19.9 Å². The molecule has 1 unspecified atom stereocenters. The largest absolute Gasteiger partial charge is 0.497 e. The number of nitrogens with zero attached hydrogens (tertiary/aromatic N) is 4. The average molecular weight is 633 g/mol. The zero-order chi connectivity index (χ0) is 32.4. The molecule has 0 bridgehead atoms. The molecule has 0 N–H and O–H groups in total. The summed E-state index contributed by atoms with van der Waals surface area (Å²) < 4.78 is 20.1. The van der Waals surface area contributed by atoms with E-state index in [2.05, 4.69) is 11.6 Å². The van der Waals surface area contributed by atoms with Crippen LogP contribution >= 0.6 is 11.3 Å². The summed E-state index contributed by atoms with van der Waals surface area (Å²) in [4.78, 5) is 32.5. The summed E-state index contributed by atoms with van der Waals surface area (Å²) in [6.45, 7) is 7.87. The molecule has 2 aromatic heterocycles. The van der Waals surface area contributed by atoms with Crippen molar-refractivity contribution in [3.63, 3.8) is 0 Å². The van der Waals surface area contributed by atoms with E-state index in [1.54, 1.807) is 41.5 Å². The van der Waals surface area contributed by atoms with E-state index in [1.807, 2.05) is 79.9 Å². The van der Waals surface area contributed by atoms with Crippen molar-refractivity contribution in [3.8, 4) is 28.4 Å². The summed E-state index contributed by atoms with van der Waals surface area (Å²) in [7, 11) is 2.91. The predicted molar refractivity (Wildman–Crippen MR) is 178 cm³/mol. The van der Waals surface area contributed by atoms with Crippen molar-refractivity contribution in [2.75, 3.05) is 20.8 Å². The second kappa shape index (κ2) is 12.9. The van der Waals surface area contributed by atoms with Crippen molar-refractivity contribution in [1.82, 2.24) is 14.3 Å². The molecule has 1 atom stereocenters. The number of allylic oxidation sites excluding steroid dienone is 1. The first kappa shape index (κ1) is 30.5. The molecule has 10 heteroatoms. The molecule has 1 aliphatic rings. The molecule has 0 saturated heterocycles. The summed E-state index contributed by atoms with van der Waals surface area (Å²) in [5, 5.41) is 4.95. The SMILES string of the molecule is C=CCOc1ccc(-c2nn(-c3ccccc3)cc2/C=c2\sc3n(c2=O)C(c2ccc(OC)cc2)C(C(=O)OC)=C(C)N=3)cc1C. The summed E-state index contributed by atoms with van der Waals surface area (Å²) >= 11 is 1.26. The third-order valence-electron chi connectivity index (χ3n) is 7.71. The molecule has 232 valence electrons. The molecule has 0 aliphatic carbocycles. The van der Waals surface area contributed by atoms with E-state index < -0.39 is 12.0 Å². The number of ether oxygens (including phenoxy) is 3. The van der Waals surface area contributed by atoms with E-state index >= 15 is 0 Å². The molecule has 0 radical (unpaired) electrons. The number of methoxy groups -OCH3 is 2. The van der Waals surface area contributed by atoms with Crippen LogP contribution < -0.4 is 24.4 Å². The van der Waals surface area contributed by atoms with Crippen LogP contribution in [0.15, 0.2) is 113 Å². The van der Waals surface area contributed by atoms with Crippen LogP contribution in [0, 0.1) is 6.92 Å². The monoisotopic (exact) mass is 632 g/mol. The second-order valence-electron chi connectivity index (χ2n) is 10.6. The van der Waals surface area contributed by atoms with Gasteiger partial charge < -0.3 is 14.2 Å². The second-order valence-corrected chi connectivity index (χ2v) is 11.6. The Bertz CT molecular complexity index is 2160. The highest BCUT2D eigenvalue weighted by molar-refractivity contribution is 7.07. The first-order chi connectivity index (χ1) is 22.3. The van der Waals surface area contributed by atoms with Crippen LogP contribution in [-0.4, -0.2) is 41.1 Å². The van der Waals surface area contributed by atoms with Gasteiger partial charge in [0.25, 0.3) is 5.56 Å². The van der Waals surface area contributed by atoms with Gasteiger partial charge in [-0.1, -0.05) is 54.3 Å². The Kier molecular flexibility index (Phi) is 8.54. The van der Waals surface area contributed by atoms with Gasteiger partial charge in [0.1, 0.15) is 23.8 Å². The lowest BCUT2D eigenvalue weighted by Gasteiger charge is -2.24. The lowest BCUT2D eigenvalue weighted by Crippen LogP contribution is -2.39. The van der Waals surface area contributed by atoms with Crippen LogP contribution in [0.4, 0.5) is 0 Å². The van der Waals surface area contributed by atoms with Crippen molar-refractivity contribution in [3.05, 3.63) is 139 Å². The number of carbonyl (C=O) groups is 1. The minimum Gasteiger partial charge on any atom is -0.497 e. The summed E-state index contributed by atoms with van der Waals surface area (Å²) in [5.74, 6) is 0.880. The van der Waals surface area contributed by atoms with Gasteiger partial charge in [0.05, 0.1) is 41.8 Å². The lowest BCUT2D eigenvalue weighted by molar-refractivity contribution is -0.136. The molecular weight excluding hydrogens is 600 g/mol. The van der Waals surface area contributed by atoms with Gasteiger partial charge in [0, 0.05) is 17.3 Å². The lowest BCUT2D eigenvalue weighted by atomic mass is 9.96. The first-order valence-electron chi connectivity index (χ1n) is 14.6. The van der Waals surface area contributed by atoms with Crippen LogP contribution in [0.2, 0.25) is 0 Å². The topological polar surface area (TPSA) is 96.9 Å². The van der Waals surface area contributed by atoms with Gasteiger partial charge in [-0.15, -0.1) is 0 Å². The number of hydrogen-bond donors (Lipinski definition) is 0. The fourth-order valence-corrected chi connectivity index (χ4v) is 6.51. The van der Waals surface area contributed by atoms with Crippen LogP contribution in [0.1, 0.15) is 29.7 Å². The number of fused-ring (bicyclic) bond motifs is 1. The number of aromatic nitrogens is 3. The number of aryl methyl sites for hydroxylation is 1. The molecule has 6 rings (SSSR count). The summed E-state index contributed by atoms with van der Waals surface area (Å²) in [6.07, 6.45) is 5.45. The van der Waals surface area contributed by atoms with E-state index in [0.29, 0.717) is 38.7 Å².